The first-order valence-corrected chi connectivity index (χ1v) is 7.01. The summed E-state index contributed by atoms with van der Waals surface area (Å²) in [5.41, 5.74) is 0. The van der Waals surface area contributed by atoms with E-state index in [4.69, 9.17) is 9.84 Å². The third-order valence-electron chi connectivity index (χ3n) is 3.39. The summed E-state index contributed by atoms with van der Waals surface area (Å²) in [6.07, 6.45) is 4.09. The molecule has 19 heavy (non-hydrogen) atoms. The SMILES string of the molecule is CC(C)c1nccc(N2CCC(OCCO)CC2)n1. The average Bonchev–Trinajstić information content (AvgIpc) is 2.46. The van der Waals surface area contributed by atoms with Crippen LogP contribution in [-0.2, 0) is 4.74 Å². The van der Waals surface area contributed by atoms with Gasteiger partial charge in [-0.15, -0.1) is 0 Å². The molecule has 1 saturated heterocycles. The Balaban J connectivity index is 1.92. The van der Waals surface area contributed by atoms with E-state index in [-0.39, 0.29) is 12.7 Å². The van der Waals surface area contributed by atoms with Crippen molar-refractivity contribution in [1.82, 2.24) is 9.97 Å². The van der Waals surface area contributed by atoms with Crippen LogP contribution in [0.2, 0.25) is 0 Å². The van der Waals surface area contributed by atoms with Gasteiger partial charge in [0.1, 0.15) is 11.6 Å². The molecule has 0 bridgehead atoms. The average molecular weight is 265 g/mol. The van der Waals surface area contributed by atoms with Gasteiger partial charge >= 0.3 is 0 Å². The molecule has 1 aromatic heterocycles. The summed E-state index contributed by atoms with van der Waals surface area (Å²) in [7, 11) is 0. The van der Waals surface area contributed by atoms with E-state index in [1.165, 1.54) is 0 Å². The number of aliphatic hydroxyl groups is 1. The maximum Gasteiger partial charge on any atom is 0.133 e. The van der Waals surface area contributed by atoms with Crippen LogP contribution in [0.5, 0.6) is 0 Å². The first-order chi connectivity index (χ1) is 9.20. The van der Waals surface area contributed by atoms with Crippen LogP contribution in [0.4, 0.5) is 5.82 Å². The summed E-state index contributed by atoms with van der Waals surface area (Å²) < 4.78 is 5.57. The summed E-state index contributed by atoms with van der Waals surface area (Å²) >= 11 is 0. The Morgan fingerprint density at radius 1 is 1.42 bits per heavy atom. The number of piperidine rings is 1. The number of aromatic nitrogens is 2. The van der Waals surface area contributed by atoms with Gasteiger partial charge in [-0.25, -0.2) is 9.97 Å². The molecule has 0 aliphatic carbocycles. The lowest BCUT2D eigenvalue weighted by Gasteiger charge is -2.32. The molecule has 0 saturated carbocycles. The van der Waals surface area contributed by atoms with E-state index in [0.29, 0.717) is 12.5 Å². The number of ether oxygens (including phenoxy) is 1. The number of hydrogen-bond donors (Lipinski definition) is 1. The monoisotopic (exact) mass is 265 g/mol. The third kappa shape index (κ3) is 3.88. The molecule has 0 amide bonds. The van der Waals surface area contributed by atoms with Crippen LogP contribution < -0.4 is 4.90 Å². The molecule has 2 heterocycles. The molecule has 1 aliphatic heterocycles. The van der Waals surface area contributed by atoms with Crippen molar-refractivity contribution in [1.29, 1.82) is 0 Å². The number of aliphatic hydroxyl groups excluding tert-OH is 1. The van der Waals surface area contributed by atoms with Crippen LogP contribution in [0, 0.1) is 0 Å². The number of anilines is 1. The Kier molecular flexibility index (Phi) is 5.10. The van der Waals surface area contributed by atoms with Crippen LogP contribution in [0.1, 0.15) is 38.4 Å². The van der Waals surface area contributed by atoms with Crippen LogP contribution in [0.25, 0.3) is 0 Å². The van der Waals surface area contributed by atoms with Crippen molar-refractivity contribution in [3.8, 4) is 0 Å². The fourth-order valence-electron chi connectivity index (χ4n) is 2.29. The van der Waals surface area contributed by atoms with Gasteiger partial charge in [-0.3, -0.25) is 0 Å². The highest BCUT2D eigenvalue weighted by atomic mass is 16.5. The number of nitrogens with zero attached hydrogens (tertiary/aromatic N) is 3. The van der Waals surface area contributed by atoms with E-state index in [1.807, 2.05) is 12.3 Å². The van der Waals surface area contributed by atoms with Gasteiger partial charge < -0.3 is 14.7 Å². The topological polar surface area (TPSA) is 58.5 Å². The van der Waals surface area contributed by atoms with Crippen molar-refractivity contribution in [2.45, 2.75) is 38.7 Å². The lowest BCUT2D eigenvalue weighted by atomic mass is 10.1. The zero-order chi connectivity index (χ0) is 13.7. The highest BCUT2D eigenvalue weighted by Crippen LogP contribution is 2.20. The standard InChI is InChI=1S/C14H23N3O2/c1-11(2)14-15-6-3-13(16-14)17-7-4-12(5-8-17)19-10-9-18/h3,6,11-12,18H,4-5,7-10H2,1-2H3. The van der Waals surface area contributed by atoms with Gasteiger partial charge in [-0.1, -0.05) is 13.8 Å². The summed E-state index contributed by atoms with van der Waals surface area (Å²) in [6, 6.07) is 1.97. The Morgan fingerprint density at radius 3 is 2.79 bits per heavy atom. The fraction of sp³-hybridized carbons (Fsp3) is 0.714. The van der Waals surface area contributed by atoms with E-state index in [0.717, 1.165) is 37.6 Å². The van der Waals surface area contributed by atoms with Crippen molar-refractivity contribution in [3.05, 3.63) is 18.1 Å². The summed E-state index contributed by atoms with van der Waals surface area (Å²) in [4.78, 5) is 11.2. The van der Waals surface area contributed by atoms with Crippen molar-refractivity contribution in [2.75, 3.05) is 31.2 Å². The van der Waals surface area contributed by atoms with Crippen LogP contribution in [-0.4, -0.2) is 47.5 Å². The van der Waals surface area contributed by atoms with Gasteiger partial charge in [0.25, 0.3) is 0 Å². The molecule has 0 unspecified atom stereocenters. The van der Waals surface area contributed by atoms with Crippen molar-refractivity contribution in [2.24, 2.45) is 0 Å². The van der Waals surface area contributed by atoms with Crippen LogP contribution >= 0.6 is 0 Å². The number of rotatable bonds is 5. The first kappa shape index (κ1) is 14.2. The van der Waals surface area contributed by atoms with Gasteiger partial charge in [-0.2, -0.15) is 0 Å². The Morgan fingerprint density at radius 2 is 2.16 bits per heavy atom. The predicted octanol–water partition coefficient (Wildman–Crippen LogP) is 1.58. The molecular formula is C14H23N3O2. The molecule has 0 spiro atoms. The summed E-state index contributed by atoms with van der Waals surface area (Å²) in [5.74, 6) is 2.26. The van der Waals surface area contributed by atoms with Crippen molar-refractivity contribution in [3.63, 3.8) is 0 Å². The fourth-order valence-corrected chi connectivity index (χ4v) is 2.29. The van der Waals surface area contributed by atoms with Gasteiger partial charge in [0, 0.05) is 25.2 Å². The molecule has 106 valence electrons. The molecule has 0 atom stereocenters. The van der Waals surface area contributed by atoms with E-state index in [1.54, 1.807) is 0 Å². The maximum atomic E-state index is 8.76. The molecule has 5 nitrogen and oxygen atoms in total. The van der Waals surface area contributed by atoms with Gasteiger partial charge in [0.15, 0.2) is 0 Å². The lowest BCUT2D eigenvalue weighted by Crippen LogP contribution is -2.38. The molecule has 1 fully saturated rings. The molecular weight excluding hydrogens is 242 g/mol. The van der Waals surface area contributed by atoms with E-state index < -0.39 is 0 Å². The second-order valence-electron chi connectivity index (χ2n) is 5.21. The molecule has 2 rings (SSSR count). The highest BCUT2D eigenvalue weighted by molar-refractivity contribution is 5.38. The zero-order valence-corrected chi connectivity index (χ0v) is 11.7. The Labute approximate surface area is 114 Å². The first-order valence-electron chi connectivity index (χ1n) is 7.01. The molecule has 1 N–H and O–H groups in total. The lowest BCUT2D eigenvalue weighted by molar-refractivity contribution is 0.0158. The molecule has 0 aromatic carbocycles. The molecule has 1 aromatic rings. The minimum absolute atomic E-state index is 0.101. The van der Waals surface area contributed by atoms with E-state index in [9.17, 15) is 0 Å². The van der Waals surface area contributed by atoms with Gasteiger partial charge in [-0.05, 0) is 18.9 Å². The number of hydrogen-bond acceptors (Lipinski definition) is 5. The summed E-state index contributed by atoms with van der Waals surface area (Å²) in [6.45, 7) is 6.65. The smallest absolute Gasteiger partial charge is 0.133 e. The quantitative estimate of drug-likeness (QED) is 0.876. The molecule has 1 aliphatic rings. The Bertz CT molecular complexity index is 390. The largest absolute Gasteiger partial charge is 0.394 e. The second-order valence-corrected chi connectivity index (χ2v) is 5.21. The normalized spacial score (nSPS) is 17.2. The molecule has 0 radical (unpaired) electrons. The predicted molar refractivity (Wildman–Crippen MR) is 74.4 cm³/mol. The Hall–Kier alpha value is -1.20. The zero-order valence-electron chi connectivity index (χ0n) is 11.7. The highest BCUT2D eigenvalue weighted by Gasteiger charge is 2.20. The molecule has 5 heteroatoms. The van der Waals surface area contributed by atoms with Crippen LogP contribution in [0.3, 0.4) is 0 Å². The van der Waals surface area contributed by atoms with Gasteiger partial charge in [0.2, 0.25) is 0 Å². The van der Waals surface area contributed by atoms with Crippen LogP contribution in [0.15, 0.2) is 12.3 Å². The third-order valence-corrected chi connectivity index (χ3v) is 3.39. The van der Waals surface area contributed by atoms with Crippen molar-refractivity contribution >= 4 is 5.82 Å². The minimum Gasteiger partial charge on any atom is -0.394 e. The minimum atomic E-state index is 0.101. The van der Waals surface area contributed by atoms with E-state index >= 15 is 0 Å². The van der Waals surface area contributed by atoms with Gasteiger partial charge in [0.05, 0.1) is 19.3 Å². The maximum absolute atomic E-state index is 8.76. The second kappa shape index (κ2) is 6.82. The summed E-state index contributed by atoms with van der Waals surface area (Å²) in [5, 5.41) is 8.76. The van der Waals surface area contributed by atoms with E-state index in [2.05, 4.69) is 28.7 Å². The van der Waals surface area contributed by atoms with Crippen molar-refractivity contribution < 1.29 is 9.84 Å².